The highest BCUT2D eigenvalue weighted by molar-refractivity contribution is 8.01. The smallest absolute Gasteiger partial charge is 0.244 e. The van der Waals surface area contributed by atoms with E-state index in [4.69, 9.17) is 28.2 Å². The third-order valence-electron chi connectivity index (χ3n) is 7.41. The van der Waals surface area contributed by atoms with Crippen LogP contribution in [0.15, 0.2) is 52.2 Å². The Bertz CT molecular complexity index is 1350. The molecule has 0 aliphatic carbocycles. The lowest BCUT2D eigenvalue weighted by Crippen LogP contribution is -2.44. The highest BCUT2D eigenvalue weighted by Crippen LogP contribution is 2.30. The molecule has 1 atom stereocenters. The number of piperidine rings is 1. The summed E-state index contributed by atoms with van der Waals surface area (Å²) < 4.78 is 0.853. The molecule has 0 bridgehead atoms. The summed E-state index contributed by atoms with van der Waals surface area (Å²) in [6.45, 7) is 3.65. The Kier molecular flexibility index (Phi) is 10.0. The molecular formula is C29H34Cl2N5O2S2+. The number of halogens is 2. The third-order valence-corrected chi connectivity index (χ3v) is 10.2. The maximum absolute atomic E-state index is 12.7. The zero-order chi connectivity index (χ0) is 28.1. The predicted molar refractivity (Wildman–Crippen MR) is 161 cm³/mol. The largest absolute Gasteiger partial charge is 0.353 e. The Morgan fingerprint density at radius 2 is 1.98 bits per heavy atom. The lowest BCUT2D eigenvalue weighted by Gasteiger charge is -2.32. The fourth-order valence-corrected chi connectivity index (χ4v) is 7.19. The third kappa shape index (κ3) is 7.78. The van der Waals surface area contributed by atoms with E-state index in [1.165, 1.54) is 23.1 Å². The van der Waals surface area contributed by atoms with Gasteiger partial charge in [-0.1, -0.05) is 41.6 Å². The molecule has 11 heteroatoms. The van der Waals surface area contributed by atoms with Crippen molar-refractivity contribution in [3.8, 4) is 11.3 Å². The van der Waals surface area contributed by atoms with Gasteiger partial charge in [0, 0.05) is 48.4 Å². The first-order valence-electron chi connectivity index (χ1n) is 13.5. The Labute approximate surface area is 253 Å². The van der Waals surface area contributed by atoms with Crippen LogP contribution < -0.4 is 10.6 Å². The number of rotatable bonds is 9. The van der Waals surface area contributed by atoms with E-state index in [-0.39, 0.29) is 23.9 Å². The first-order valence-corrected chi connectivity index (χ1v) is 16.2. The molecule has 1 aromatic heterocycles. The second kappa shape index (κ2) is 13.7. The van der Waals surface area contributed by atoms with E-state index in [9.17, 15) is 9.59 Å². The van der Waals surface area contributed by atoms with Gasteiger partial charge in [0.05, 0.1) is 17.5 Å². The number of hydrogen-bond donors (Lipinski definition) is 2. The van der Waals surface area contributed by atoms with Crippen molar-refractivity contribution in [1.82, 2.24) is 20.1 Å². The Morgan fingerprint density at radius 3 is 2.73 bits per heavy atom. The first kappa shape index (κ1) is 29.4. The average molecular weight is 620 g/mol. The number of carbonyl (C=O) groups excluding carboxylic acids is 2. The van der Waals surface area contributed by atoms with Crippen LogP contribution in [0.1, 0.15) is 31.2 Å². The monoisotopic (exact) mass is 618 g/mol. The number of hydrogen-bond acceptors (Lipinski definition) is 7. The predicted octanol–water partition coefficient (Wildman–Crippen LogP) is 5.07. The summed E-state index contributed by atoms with van der Waals surface area (Å²) in [6.07, 6.45) is 3.79. The van der Waals surface area contributed by atoms with Crippen molar-refractivity contribution < 1.29 is 21.2 Å². The molecule has 3 aromatic rings. The van der Waals surface area contributed by atoms with E-state index in [1.54, 1.807) is 0 Å². The van der Waals surface area contributed by atoms with E-state index in [1.807, 2.05) is 54.9 Å². The van der Waals surface area contributed by atoms with E-state index in [0.717, 1.165) is 78.7 Å². The maximum atomic E-state index is 12.7. The maximum Gasteiger partial charge on any atom is 0.244 e. The molecule has 0 saturated carbocycles. The lowest BCUT2D eigenvalue weighted by molar-refractivity contribution is -0.288. The summed E-state index contributed by atoms with van der Waals surface area (Å²) in [5, 5.41) is 9.55. The number of nitrogens with one attached hydrogen (secondary N) is 2. The van der Waals surface area contributed by atoms with Gasteiger partial charge >= 0.3 is 0 Å². The first-order chi connectivity index (χ1) is 19.3. The summed E-state index contributed by atoms with van der Waals surface area (Å²) in [6, 6.07) is 13.8. The van der Waals surface area contributed by atoms with Gasteiger partial charge in [0.15, 0.2) is 15.9 Å². The van der Waals surface area contributed by atoms with Crippen molar-refractivity contribution in [2.45, 2.75) is 48.7 Å². The molecule has 7 nitrogen and oxygen atoms in total. The number of thioether (sulfide) groups is 1. The average Bonchev–Trinajstić information content (AvgIpc) is 3.60. The van der Waals surface area contributed by atoms with Gasteiger partial charge in [-0.25, -0.2) is 4.98 Å². The van der Waals surface area contributed by atoms with Crippen LogP contribution >= 0.6 is 34.7 Å². The lowest BCUT2D eigenvalue weighted by atomic mass is 10.0. The van der Waals surface area contributed by atoms with Crippen molar-refractivity contribution in [1.29, 1.82) is 0 Å². The number of aromatic nitrogens is 1. The van der Waals surface area contributed by atoms with Crippen LogP contribution in [-0.4, -0.2) is 71.1 Å². The summed E-state index contributed by atoms with van der Waals surface area (Å²) >= 11 is 14.3. The molecule has 2 aliphatic rings. The molecular weight excluding hydrogens is 585 g/mol. The van der Waals surface area contributed by atoms with Gasteiger partial charge in [0.25, 0.3) is 0 Å². The number of likely N-dealkylation sites (N-methyl/N-ethyl adjacent to an activating group) is 1. The minimum Gasteiger partial charge on any atom is -0.353 e. The molecule has 212 valence electrons. The minimum absolute atomic E-state index is 0.0367. The zero-order valence-corrected chi connectivity index (χ0v) is 25.6. The van der Waals surface area contributed by atoms with Crippen LogP contribution in [0.25, 0.3) is 11.3 Å². The number of anilines is 1. The number of amides is 2. The topological polar surface area (TPSA) is 77.6 Å². The van der Waals surface area contributed by atoms with Gasteiger partial charge in [-0.05, 0) is 63.0 Å². The SMILES string of the molecule is CN1CCC[C@H]1C(=O)Nc1cccc(-c2csc(SCC(=O)NC3CCN(Cc4ccc([ClH+])c(Cl)c4)CC3)n2)c1. The molecule has 2 N–H and O–H groups in total. The van der Waals surface area contributed by atoms with E-state index in [0.29, 0.717) is 15.8 Å². The van der Waals surface area contributed by atoms with Gasteiger partial charge in [-0.15, -0.1) is 11.3 Å². The van der Waals surface area contributed by atoms with Crippen LogP contribution in [0, 0.1) is 11.6 Å². The number of carbonyl (C=O) groups is 2. The number of nitrogens with zero attached hydrogens (tertiary/aromatic N) is 3. The molecule has 40 heavy (non-hydrogen) atoms. The van der Waals surface area contributed by atoms with Crippen molar-refractivity contribution in [2.75, 3.05) is 37.8 Å². The Balaban J connectivity index is 1.06. The van der Waals surface area contributed by atoms with Crippen molar-refractivity contribution >= 4 is 52.2 Å². The molecule has 2 amide bonds. The van der Waals surface area contributed by atoms with Gasteiger partial charge in [0.1, 0.15) is 5.02 Å². The van der Waals surface area contributed by atoms with Crippen LogP contribution in [0.4, 0.5) is 5.69 Å². The molecule has 2 fully saturated rings. The molecule has 0 unspecified atom stereocenters. The Hall–Kier alpha value is -2.14. The standard InChI is InChI=1S/C29H33Cl2N5O2S2/c1-35-11-3-6-26(35)28(38)33-22-5-2-4-20(15-22)25-17-39-29(34-25)40-18-27(37)32-21-9-12-36(13-10-21)16-19-7-8-23(30)24(31)14-19/h2,4-5,7-8,14-15,17,21,26,30H,3,6,9-13,16,18H2,1H3,(H-,32,33,37,38)/p+1/t26-/m0/s1. The summed E-state index contributed by atoms with van der Waals surface area (Å²) in [5.41, 5.74) is 3.72. The quantitative estimate of drug-likeness (QED) is 0.326. The molecule has 3 heterocycles. The number of benzene rings is 2. The summed E-state index contributed by atoms with van der Waals surface area (Å²) in [4.78, 5) is 34.5. The fourth-order valence-electron chi connectivity index (χ4n) is 5.21. The second-order valence-corrected chi connectivity index (χ2v) is 13.3. The van der Waals surface area contributed by atoms with E-state index in [2.05, 4.69) is 20.4 Å². The number of likely N-dealkylation sites (tertiary alicyclic amines) is 2. The van der Waals surface area contributed by atoms with Crippen molar-refractivity contribution in [3.63, 3.8) is 0 Å². The van der Waals surface area contributed by atoms with Crippen LogP contribution in [-0.2, 0) is 16.1 Å². The van der Waals surface area contributed by atoms with Crippen LogP contribution in [0.2, 0.25) is 10.0 Å². The Morgan fingerprint density at radius 1 is 1.15 bits per heavy atom. The highest BCUT2D eigenvalue weighted by atomic mass is 35.5. The van der Waals surface area contributed by atoms with Crippen LogP contribution in [0.5, 0.6) is 0 Å². The summed E-state index contributed by atoms with van der Waals surface area (Å²) in [5.74, 6) is 0.412. The van der Waals surface area contributed by atoms with Gasteiger partial charge in [-0.3, -0.25) is 19.4 Å². The van der Waals surface area contributed by atoms with Gasteiger partial charge < -0.3 is 10.6 Å². The fraction of sp³-hybridized carbons (Fsp3) is 0.414. The van der Waals surface area contributed by atoms with E-state index >= 15 is 0 Å². The molecule has 0 spiro atoms. The zero-order valence-electron chi connectivity index (χ0n) is 22.4. The van der Waals surface area contributed by atoms with Crippen LogP contribution in [0.3, 0.4) is 0 Å². The molecule has 0 radical (unpaired) electrons. The number of thiazole rings is 1. The summed E-state index contributed by atoms with van der Waals surface area (Å²) in [7, 11) is 1.99. The minimum atomic E-state index is -0.0699. The van der Waals surface area contributed by atoms with Crippen molar-refractivity contribution in [2.24, 2.45) is 0 Å². The molecule has 2 aromatic carbocycles. The normalized spacial score (nSPS) is 18.6. The molecule has 2 saturated heterocycles. The van der Waals surface area contributed by atoms with Gasteiger partial charge in [-0.2, -0.15) is 0 Å². The van der Waals surface area contributed by atoms with Crippen molar-refractivity contribution in [3.05, 3.63) is 63.5 Å². The van der Waals surface area contributed by atoms with E-state index < -0.39 is 0 Å². The van der Waals surface area contributed by atoms with Gasteiger partial charge in [0.2, 0.25) is 16.8 Å². The molecule has 2 aliphatic heterocycles. The highest BCUT2D eigenvalue weighted by Gasteiger charge is 2.27. The molecule has 5 rings (SSSR count). The second-order valence-electron chi connectivity index (χ2n) is 10.4.